The van der Waals surface area contributed by atoms with E-state index in [4.69, 9.17) is 27.9 Å². The molecule has 1 fully saturated rings. The van der Waals surface area contributed by atoms with Crippen molar-refractivity contribution in [2.45, 2.75) is 19.6 Å². The fraction of sp³-hybridized carbons (Fsp3) is 0.120. The minimum absolute atomic E-state index is 0.193. The second-order valence-corrected chi connectivity index (χ2v) is 8.20. The van der Waals surface area contributed by atoms with Crippen LogP contribution in [0.3, 0.4) is 0 Å². The third-order valence-electron chi connectivity index (χ3n) is 5.00. The number of allylic oxidation sites excluding steroid dienone is 1. The molecule has 1 heterocycles. The largest absolute Gasteiger partial charge is 0.489 e. The van der Waals surface area contributed by atoms with Crippen LogP contribution in [0, 0.1) is 0 Å². The molecule has 7 heteroatoms. The van der Waals surface area contributed by atoms with Gasteiger partial charge in [-0.05, 0) is 59.5 Å². The number of imide groups is 1. The summed E-state index contributed by atoms with van der Waals surface area (Å²) in [5, 5.41) is 3.94. The number of rotatable bonds is 7. The smallest absolute Gasteiger partial charge is 0.329 e. The van der Waals surface area contributed by atoms with Gasteiger partial charge in [0.2, 0.25) is 0 Å². The van der Waals surface area contributed by atoms with E-state index in [0.717, 1.165) is 22.4 Å². The highest BCUT2D eigenvalue weighted by molar-refractivity contribution is 6.30. The maximum absolute atomic E-state index is 12.6. The van der Waals surface area contributed by atoms with E-state index in [2.05, 4.69) is 5.32 Å². The van der Waals surface area contributed by atoms with E-state index in [-0.39, 0.29) is 18.1 Å². The zero-order valence-corrected chi connectivity index (χ0v) is 18.6. The molecule has 3 aromatic carbocycles. The average Bonchev–Trinajstić information content (AvgIpc) is 3.07. The minimum Gasteiger partial charge on any atom is -0.489 e. The molecule has 0 unspecified atom stereocenters. The Morgan fingerprint density at radius 3 is 1.97 bits per heavy atom. The van der Waals surface area contributed by atoms with Crippen LogP contribution in [-0.2, 0) is 24.4 Å². The Bertz CT molecular complexity index is 1140. The number of halogens is 2. The number of hydrogen-bond donors (Lipinski definition) is 1. The quantitative estimate of drug-likeness (QED) is 0.356. The molecule has 0 aromatic heterocycles. The summed E-state index contributed by atoms with van der Waals surface area (Å²) < 4.78 is 5.79. The first-order valence-corrected chi connectivity index (χ1v) is 10.8. The summed E-state index contributed by atoms with van der Waals surface area (Å²) >= 11 is 11.8. The molecular formula is C25H20Cl2N2O3. The standard InChI is InChI=1S/C25H20Cl2N2O3/c26-20-8-1-18(2-9-20)15-29-24(30)23(28-25(29)31)14-7-17-5-12-22(13-6-17)32-16-19-3-10-21(27)11-4-19/h1-6,8-14H,7,15-16H2,(H,28,31)/b23-14-. The highest BCUT2D eigenvalue weighted by atomic mass is 35.5. The molecule has 3 amide bonds. The monoisotopic (exact) mass is 466 g/mol. The molecule has 0 spiro atoms. The lowest BCUT2D eigenvalue weighted by atomic mass is 10.1. The highest BCUT2D eigenvalue weighted by Crippen LogP contribution is 2.19. The summed E-state index contributed by atoms with van der Waals surface area (Å²) in [4.78, 5) is 26.0. The summed E-state index contributed by atoms with van der Waals surface area (Å²) in [5.74, 6) is 0.406. The van der Waals surface area contributed by atoms with Gasteiger partial charge in [0.15, 0.2) is 0 Å². The minimum atomic E-state index is -0.429. The predicted octanol–water partition coefficient (Wildman–Crippen LogP) is 5.75. The molecule has 0 bridgehead atoms. The third kappa shape index (κ3) is 5.49. The molecule has 0 atom stereocenters. The Balaban J connectivity index is 1.33. The number of hydrogen-bond acceptors (Lipinski definition) is 3. The van der Waals surface area contributed by atoms with Crippen LogP contribution in [0.15, 0.2) is 84.6 Å². The lowest BCUT2D eigenvalue weighted by molar-refractivity contribution is -0.123. The number of nitrogens with zero attached hydrogens (tertiary/aromatic N) is 1. The van der Waals surface area contributed by atoms with E-state index in [1.165, 1.54) is 4.90 Å². The summed E-state index contributed by atoms with van der Waals surface area (Å²) in [7, 11) is 0. The van der Waals surface area contributed by atoms with Crippen molar-refractivity contribution >= 4 is 35.1 Å². The number of nitrogens with one attached hydrogen (secondary N) is 1. The molecule has 1 saturated heterocycles. The first-order chi connectivity index (χ1) is 15.5. The van der Waals surface area contributed by atoms with E-state index in [0.29, 0.717) is 23.1 Å². The molecule has 4 rings (SSSR count). The van der Waals surface area contributed by atoms with Crippen LogP contribution in [0.2, 0.25) is 10.0 Å². The van der Waals surface area contributed by atoms with Gasteiger partial charge in [-0.1, -0.05) is 65.7 Å². The van der Waals surface area contributed by atoms with E-state index in [1.54, 1.807) is 30.3 Å². The van der Waals surface area contributed by atoms with Crippen LogP contribution in [0.4, 0.5) is 4.79 Å². The van der Waals surface area contributed by atoms with E-state index >= 15 is 0 Å². The van der Waals surface area contributed by atoms with Crippen LogP contribution < -0.4 is 10.1 Å². The predicted molar refractivity (Wildman–Crippen MR) is 125 cm³/mol. The lowest BCUT2D eigenvalue weighted by Gasteiger charge is -2.11. The molecule has 1 N–H and O–H groups in total. The summed E-state index contributed by atoms with van der Waals surface area (Å²) in [5.41, 5.74) is 3.14. The summed E-state index contributed by atoms with van der Waals surface area (Å²) in [6.45, 7) is 0.642. The Labute approximate surface area is 196 Å². The number of ether oxygens (including phenoxy) is 1. The lowest BCUT2D eigenvalue weighted by Crippen LogP contribution is -2.30. The first kappa shape index (κ1) is 21.9. The van der Waals surface area contributed by atoms with Crippen molar-refractivity contribution in [3.05, 3.63) is 111 Å². The van der Waals surface area contributed by atoms with Gasteiger partial charge in [0, 0.05) is 10.0 Å². The topological polar surface area (TPSA) is 58.6 Å². The number of carbonyl (C=O) groups is 2. The Morgan fingerprint density at radius 2 is 1.34 bits per heavy atom. The fourth-order valence-corrected chi connectivity index (χ4v) is 3.47. The second-order valence-electron chi connectivity index (χ2n) is 7.33. The first-order valence-electron chi connectivity index (χ1n) is 10.0. The second kappa shape index (κ2) is 9.90. The molecule has 32 heavy (non-hydrogen) atoms. The average molecular weight is 467 g/mol. The SMILES string of the molecule is O=C1N/C(=C\Cc2ccc(OCc3ccc(Cl)cc3)cc2)C(=O)N1Cc1ccc(Cl)cc1. The molecule has 5 nitrogen and oxygen atoms in total. The van der Waals surface area contributed by atoms with Gasteiger partial charge < -0.3 is 10.1 Å². The molecular weight excluding hydrogens is 447 g/mol. The van der Waals surface area contributed by atoms with Crippen molar-refractivity contribution in [1.29, 1.82) is 0 Å². The molecule has 0 aliphatic carbocycles. The fourth-order valence-electron chi connectivity index (χ4n) is 3.22. The van der Waals surface area contributed by atoms with E-state index < -0.39 is 6.03 Å². The number of benzene rings is 3. The Morgan fingerprint density at radius 1 is 0.781 bits per heavy atom. The van der Waals surface area contributed by atoms with E-state index in [9.17, 15) is 9.59 Å². The van der Waals surface area contributed by atoms with Gasteiger partial charge in [0.25, 0.3) is 5.91 Å². The van der Waals surface area contributed by atoms with Crippen LogP contribution in [0.25, 0.3) is 0 Å². The van der Waals surface area contributed by atoms with Crippen LogP contribution in [-0.4, -0.2) is 16.8 Å². The summed E-state index contributed by atoms with van der Waals surface area (Å²) in [6.07, 6.45) is 2.24. The van der Waals surface area contributed by atoms with Gasteiger partial charge in [-0.3, -0.25) is 9.69 Å². The van der Waals surface area contributed by atoms with Gasteiger partial charge in [-0.2, -0.15) is 0 Å². The van der Waals surface area contributed by atoms with E-state index in [1.807, 2.05) is 48.5 Å². The van der Waals surface area contributed by atoms with Gasteiger partial charge in [0.05, 0.1) is 6.54 Å². The molecule has 1 aliphatic heterocycles. The molecule has 3 aromatic rings. The normalized spacial score (nSPS) is 14.7. The molecule has 162 valence electrons. The number of carbonyl (C=O) groups excluding carboxylic acids is 2. The van der Waals surface area contributed by atoms with Crippen molar-refractivity contribution in [2.75, 3.05) is 0 Å². The van der Waals surface area contributed by atoms with Crippen molar-refractivity contribution in [2.24, 2.45) is 0 Å². The van der Waals surface area contributed by atoms with Crippen LogP contribution in [0.5, 0.6) is 5.75 Å². The maximum atomic E-state index is 12.6. The molecule has 1 aliphatic rings. The van der Waals surface area contributed by atoms with Gasteiger partial charge in [-0.25, -0.2) is 4.79 Å². The Hall–Kier alpha value is -3.28. The highest BCUT2D eigenvalue weighted by Gasteiger charge is 2.33. The van der Waals surface area contributed by atoms with Gasteiger partial charge in [0.1, 0.15) is 18.1 Å². The van der Waals surface area contributed by atoms with Crippen molar-refractivity contribution in [3.63, 3.8) is 0 Å². The Kier molecular flexibility index (Phi) is 6.78. The van der Waals surface area contributed by atoms with Crippen LogP contribution >= 0.6 is 23.2 Å². The summed E-state index contributed by atoms with van der Waals surface area (Å²) in [6, 6.07) is 21.7. The molecule has 0 radical (unpaired) electrons. The zero-order chi connectivity index (χ0) is 22.5. The maximum Gasteiger partial charge on any atom is 0.329 e. The number of urea groups is 1. The van der Waals surface area contributed by atoms with Gasteiger partial charge >= 0.3 is 6.03 Å². The van der Waals surface area contributed by atoms with Crippen LogP contribution in [0.1, 0.15) is 16.7 Å². The van der Waals surface area contributed by atoms with Crippen molar-refractivity contribution in [3.8, 4) is 5.75 Å². The third-order valence-corrected chi connectivity index (χ3v) is 5.50. The number of amides is 3. The van der Waals surface area contributed by atoms with Crippen molar-refractivity contribution < 1.29 is 14.3 Å². The van der Waals surface area contributed by atoms with Gasteiger partial charge in [-0.15, -0.1) is 0 Å². The molecule has 0 saturated carbocycles. The van der Waals surface area contributed by atoms with Crippen molar-refractivity contribution in [1.82, 2.24) is 10.2 Å². The zero-order valence-electron chi connectivity index (χ0n) is 17.1.